The number of hydrogen-bond donors (Lipinski definition) is 1. The number of methoxy groups -OCH3 is 1. The predicted octanol–water partition coefficient (Wildman–Crippen LogP) is 4.76. The fraction of sp³-hybridized carbons (Fsp3) is 0.250. The van der Waals surface area contributed by atoms with Gasteiger partial charge in [-0.3, -0.25) is 9.36 Å². The molecule has 0 radical (unpaired) electrons. The van der Waals surface area contributed by atoms with Gasteiger partial charge >= 0.3 is 0 Å². The van der Waals surface area contributed by atoms with Crippen LogP contribution in [-0.2, 0) is 4.79 Å². The van der Waals surface area contributed by atoms with Gasteiger partial charge in [0, 0.05) is 17.3 Å². The zero-order valence-electron chi connectivity index (χ0n) is 19.3. The minimum absolute atomic E-state index is 0.220. The van der Waals surface area contributed by atoms with Crippen molar-refractivity contribution in [3.63, 3.8) is 0 Å². The molecular formula is C24H25N5O4S. The summed E-state index contributed by atoms with van der Waals surface area (Å²) in [6.07, 6.45) is 0. The van der Waals surface area contributed by atoms with Crippen LogP contribution in [0.1, 0.15) is 19.6 Å². The number of carbonyl (C=O) groups is 1. The van der Waals surface area contributed by atoms with E-state index in [-0.39, 0.29) is 5.91 Å². The van der Waals surface area contributed by atoms with Crippen molar-refractivity contribution in [3.05, 3.63) is 60.4 Å². The number of ether oxygens (including phenoxy) is 2. The molecule has 0 spiro atoms. The number of rotatable bonds is 9. The van der Waals surface area contributed by atoms with E-state index in [0.29, 0.717) is 34.9 Å². The first-order chi connectivity index (χ1) is 16.5. The summed E-state index contributed by atoms with van der Waals surface area (Å²) < 4.78 is 17.9. The van der Waals surface area contributed by atoms with E-state index in [9.17, 15) is 4.79 Å². The maximum Gasteiger partial charge on any atom is 0.238 e. The molecule has 2 heterocycles. The monoisotopic (exact) mass is 479 g/mol. The molecule has 2 aromatic heterocycles. The van der Waals surface area contributed by atoms with Gasteiger partial charge in [0.25, 0.3) is 0 Å². The third-order valence-corrected chi connectivity index (χ3v) is 5.94. The van der Waals surface area contributed by atoms with Crippen LogP contribution in [0.4, 0.5) is 5.82 Å². The Labute approximate surface area is 201 Å². The number of amides is 1. The van der Waals surface area contributed by atoms with E-state index in [0.717, 1.165) is 17.0 Å². The Morgan fingerprint density at radius 2 is 1.94 bits per heavy atom. The largest absolute Gasteiger partial charge is 0.497 e. The van der Waals surface area contributed by atoms with Crippen LogP contribution < -0.4 is 14.8 Å². The van der Waals surface area contributed by atoms with Crippen molar-refractivity contribution in [2.45, 2.75) is 31.2 Å². The van der Waals surface area contributed by atoms with Gasteiger partial charge in [0.05, 0.1) is 19.0 Å². The van der Waals surface area contributed by atoms with E-state index in [4.69, 9.17) is 14.0 Å². The normalized spacial score (nSPS) is 11.8. The van der Waals surface area contributed by atoms with Crippen molar-refractivity contribution in [1.82, 2.24) is 19.9 Å². The number of nitrogens with zero attached hydrogens (tertiary/aromatic N) is 4. The zero-order chi connectivity index (χ0) is 24.1. The van der Waals surface area contributed by atoms with Gasteiger partial charge in [-0.1, -0.05) is 29.1 Å². The fourth-order valence-electron chi connectivity index (χ4n) is 3.25. The average molecular weight is 480 g/mol. The molecule has 0 bridgehead atoms. The summed E-state index contributed by atoms with van der Waals surface area (Å²) in [6, 6.07) is 16.9. The highest BCUT2D eigenvalue weighted by atomic mass is 32.2. The standard InChI is InChI=1S/C24H25N5O4S/c1-5-32-19-11-9-18(10-12-19)29-22(17-7-6-8-20(14-17)31-4)26-27-24(29)34-16(3)23(30)25-21-13-15(2)33-28-21/h6-14,16H,5H2,1-4H3,(H,25,28,30). The van der Waals surface area contributed by atoms with E-state index in [2.05, 4.69) is 20.7 Å². The molecule has 0 fully saturated rings. The highest BCUT2D eigenvalue weighted by molar-refractivity contribution is 8.00. The summed E-state index contributed by atoms with van der Waals surface area (Å²) >= 11 is 1.30. The zero-order valence-corrected chi connectivity index (χ0v) is 20.1. The summed E-state index contributed by atoms with van der Waals surface area (Å²) in [4.78, 5) is 12.7. The van der Waals surface area contributed by atoms with E-state index in [1.807, 2.05) is 60.0 Å². The Kier molecular flexibility index (Phi) is 7.17. The molecule has 10 heteroatoms. The summed E-state index contributed by atoms with van der Waals surface area (Å²) in [5.41, 5.74) is 1.68. The van der Waals surface area contributed by atoms with Crippen LogP contribution in [-0.4, -0.2) is 44.8 Å². The number of aryl methyl sites for hydroxylation is 1. The molecular weight excluding hydrogens is 454 g/mol. The number of thioether (sulfide) groups is 1. The van der Waals surface area contributed by atoms with Crippen molar-refractivity contribution in [2.75, 3.05) is 19.0 Å². The predicted molar refractivity (Wildman–Crippen MR) is 130 cm³/mol. The number of carbonyl (C=O) groups excluding carboxylic acids is 1. The van der Waals surface area contributed by atoms with Crippen LogP contribution in [0.15, 0.2) is 64.3 Å². The van der Waals surface area contributed by atoms with Gasteiger partial charge in [0.15, 0.2) is 16.8 Å². The molecule has 0 aliphatic carbocycles. The minimum Gasteiger partial charge on any atom is -0.497 e. The molecule has 0 saturated heterocycles. The summed E-state index contributed by atoms with van der Waals surface area (Å²) in [5, 5.41) is 15.5. The van der Waals surface area contributed by atoms with Crippen LogP contribution in [0.3, 0.4) is 0 Å². The highest BCUT2D eigenvalue weighted by Gasteiger charge is 2.23. The second-order valence-corrected chi connectivity index (χ2v) is 8.68. The SMILES string of the molecule is CCOc1ccc(-n2c(SC(C)C(=O)Nc3cc(C)on3)nnc2-c2cccc(OC)c2)cc1. The molecule has 0 saturated carbocycles. The number of benzene rings is 2. The van der Waals surface area contributed by atoms with Gasteiger partial charge in [-0.25, -0.2) is 0 Å². The lowest BCUT2D eigenvalue weighted by atomic mass is 10.2. The molecule has 176 valence electrons. The van der Waals surface area contributed by atoms with Crippen LogP contribution in [0, 0.1) is 6.92 Å². The average Bonchev–Trinajstić information content (AvgIpc) is 3.45. The van der Waals surface area contributed by atoms with Crippen molar-refractivity contribution < 1.29 is 18.8 Å². The summed E-state index contributed by atoms with van der Waals surface area (Å²) in [5.74, 6) is 2.89. The maximum atomic E-state index is 12.7. The number of anilines is 1. The van der Waals surface area contributed by atoms with Crippen molar-refractivity contribution in [2.24, 2.45) is 0 Å². The summed E-state index contributed by atoms with van der Waals surface area (Å²) in [6.45, 7) is 6.09. The first kappa shape index (κ1) is 23.4. The molecule has 1 unspecified atom stereocenters. The van der Waals surface area contributed by atoms with Gasteiger partial charge in [-0.05, 0) is 57.2 Å². The number of nitrogens with one attached hydrogen (secondary N) is 1. The Hall–Kier alpha value is -3.79. The third kappa shape index (κ3) is 5.23. The van der Waals surface area contributed by atoms with E-state index in [1.54, 1.807) is 27.0 Å². The molecule has 9 nitrogen and oxygen atoms in total. The molecule has 0 aliphatic rings. The Morgan fingerprint density at radius 1 is 1.15 bits per heavy atom. The molecule has 4 aromatic rings. The van der Waals surface area contributed by atoms with E-state index < -0.39 is 5.25 Å². The fourth-order valence-corrected chi connectivity index (χ4v) is 4.12. The van der Waals surface area contributed by atoms with Gasteiger partial charge in [-0.15, -0.1) is 10.2 Å². The Morgan fingerprint density at radius 3 is 2.62 bits per heavy atom. The smallest absolute Gasteiger partial charge is 0.238 e. The lowest BCUT2D eigenvalue weighted by Crippen LogP contribution is -2.23. The number of aromatic nitrogens is 4. The van der Waals surface area contributed by atoms with Crippen LogP contribution in [0.2, 0.25) is 0 Å². The first-order valence-electron chi connectivity index (χ1n) is 10.7. The molecule has 1 atom stereocenters. The van der Waals surface area contributed by atoms with E-state index >= 15 is 0 Å². The van der Waals surface area contributed by atoms with Crippen LogP contribution in [0.5, 0.6) is 11.5 Å². The van der Waals surface area contributed by atoms with Crippen molar-refractivity contribution in [3.8, 4) is 28.6 Å². The maximum absolute atomic E-state index is 12.7. The van der Waals surface area contributed by atoms with Gasteiger partial charge in [0.2, 0.25) is 5.91 Å². The summed E-state index contributed by atoms with van der Waals surface area (Å²) in [7, 11) is 1.62. The lowest BCUT2D eigenvalue weighted by molar-refractivity contribution is -0.115. The Bertz CT molecular complexity index is 1270. The van der Waals surface area contributed by atoms with Crippen LogP contribution >= 0.6 is 11.8 Å². The third-order valence-electron chi connectivity index (χ3n) is 4.90. The van der Waals surface area contributed by atoms with Crippen molar-refractivity contribution in [1.29, 1.82) is 0 Å². The quantitative estimate of drug-likeness (QED) is 0.343. The molecule has 0 aliphatic heterocycles. The highest BCUT2D eigenvalue weighted by Crippen LogP contribution is 2.32. The van der Waals surface area contributed by atoms with Crippen molar-refractivity contribution >= 4 is 23.5 Å². The van der Waals surface area contributed by atoms with E-state index in [1.165, 1.54) is 11.8 Å². The van der Waals surface area contributed by atoms with Gasteiger partial charge < -0.3 is 19.3 Å². The Balaban J connectivity index is 1.67. The second-order valence-electron chi connectivity index (χ2n) is 7.37. The van der Waals surface area contributed by atoms with Gasteiger partial charge in [0.1, 0.15) is 17.3 Å². The molecule has 1 N–H and O–H groups in total. The van der Waals surface area contributed by atoms with Crippen LogP contribution in [0.25, 0.3) is 17.1 Å². The second kappa shape index (κ2) is 10.4. The van der Waals surface area contributed by atoms with Gasteiger partial charge in [-0.2, -0.15) is 0 Å². The lowest BCUT2D eigenvalue weighted by Gasteiger charge is -2.14. The number of hydrogen-bond acceptors (Lipinski definition) is 8. The molecule has 34 heavy (non-hydrogen) atoms. The topological polar surface area (TPSA) is 104 Å². The first-order valence-corrected chi connectivity index (χ1v) is 11.6. The molecule has 2 aromatic carbocycles. The molecule has 4 rings (SSSR count). The molecule has 1 amide bonds. The minimum atomic E-state index is -0.471.